The molecule has 7 heteroatoms. The maximum absolute atomic E-state index is 13.5. The molecule has 2 aliphatic rings. The molecule has 1 aromatic carbocycles. The highest BCUT2D eigenvalue weighted by Crippen LogP contribution is 2.31. The summed E-state index contributed by atoms with van der Waals surface area (Å²) < 4.78 is 13.5. The Labute approximate surface area is 163 Å². The number of benzene rings is 1. The fourth-order valence-electron chi connectivity index (χ4n) is 4.15. The molecule has 0 bridgehead atoms. The lowest BCUT2D eigenvalue weighted by Gasteiger charge is -2.31. The van der Waals surface area contributed by atoms with Gasteiger partial charge in [0.15, 0.2) is 0 Å². The van der Waals surface area contributed by atoms with Gasteiger partial charge in [0.05, 0.1) is 17.3 Å². The normalized spacial score (nSPS) is 19.9. The lowest BCUT2D eigenvalue weighted by Crippen LogP contribution is -2.40. The third-order valence-corrected chi connectivity index (χ3v) is 5.75. The van der Waals surface area contributed by atoms with E-state index < -0.39 is 5.82 Å². The molecule has 1 N–H and O–H groups in total. The van der Waals surface area contributed by atoms with Crippen molar-refractivity contribution in [3.8, 4) is 0 Å². The number of amides is 1. The number of rotatable bonds is 3. The predicted octanol–water partition coefficient (Wildman–Crippen LogP) is 2.65. The minimum atomic E-state index is -0.434. The van der Waals surface area contributed by atoms with Crippen LogP contribution < -0.4 is 5.56 Å². The van der Waals surface area contributed by atoms with E-state index in [4.69, 9.17) is 4.98 Å². The summed E-state index contributed by atoms with van der Waals surface area (Å²) in [5.74, 6) is -0.117. The monoisotopic (exact) mass is 384 g/mol. The van der Waals surface area contributed by atoms with E-state index in [0.29, 0.717) is 30.5 Å². The SMILES string of the molecule is CC(C)N1CCc2nc([C@H]3CCCN3C(=O)c3cccc(F)c3)[nH]c(=O)c2C1. The number of nitrogens with zero attached hydrogens (tertiary/aromatic N) is 3. The molecule has 2 aliphatic heterocycles. The average Bonchev–Trinajstić information content (AvgIpc) is 3.16. The Morgan fingerprint density at radius 3 is 2.89 bits per heavy atom. The van der Waals surface area contributed by atoms with Gasteiger partial charge in [0.2, 0.25) is 0 Å². The summed E-state index contributed by atoms with van der Waals surface area (Å²) in [6.07, 6.45) is 2.30. The lowest BCUT2D eigenvalue weighted by atomic mass is 10.0. The van der Waals surface area contributed by atoms with E-state index in [1.165, 1.54) is 18.2 Å². The summed E-state index contributed by atoms with van der Waals surface area (Å²) in [7, 11) is 0. The first-order chi connectivity index (χ1) is 13.4. The number of aromatic nitrogens is 2. The summed E-state index contributed by atoms with van der Waals surface area (Å²) >= 11 is 0. The lowest BCUT2D eigenvalue weighted by molar-refractivity contribution is 0.0728. The van der Waals surface area contributed by atoms with Crippen molar-refractivity contribution < 1.29 is 9.18 Å². The first kappa shape index (κ1) is 18.8. The number of aromatic amines is 1. The molecule has 148 valence electrons. The number of hydrogen-bond donors (Lipinski definition) is 1. The molecule has 0 unspecified atom stereocenters. The quantitative estimate of drug-likeness (QED) is 0.883. The Bertz CT molecular complexity index is 956. The average molecular weight is 384 g/mol. The van der Waals surface area contributed by atoms with Gasteiger partial charge in [-0.15, -0.1) is 0 Å². The Balaban J connectivity index is 1.63. The summed E-state index contributed by atoms with van der Waals surface area (Å²) in [5.41, 5.74) is 1.76. The fourth-order valence-corrected chi connectivity index (χ4v) is 4.15. The van der Waals surface area contributed by atoms with Crippen molar-refractivity contribution >= 4 is 5.91 Å². The molecule has 1 fully saturated rings. The Kier molecular flexibility index (Phi) is 5.02. The first-order valence-corrected chi connectivity index (χ1v) is 9.86. The zero-order chi connectivity index (χ0) is 19.8. The van der Waals surface area contributed by atoms with E-state index in [1.807, 2.05) is 0 Å². The molecule has 6 nitrogen and oxygen atoms in total. The summed E-state index contributed by atoms with van der Waals surface area (Å²) in [6.45, 7) is 6.29. The van der Waals surface area contributed by atoms with Crippen molar-refractivity contribution in [3.63, 3.8) is 0 Å². The van der Waals surface area contributed by atoms with Gasteiger partial charge < -0.3 is 9.88 Å². The van der Waals surface area contributed by atoms with Gasteiger partial charge in [-0.05, 0) is 44.9 Å². The van der Waals surface area contributed by atoms with Crippen LogP contribution in [0.15, 0.2) is 29.1 Å². The molecule has 0 aliphatic carbocycles. The highest BCUT2D eigenvalue weighted by molar-refractivity contribution is 5.94. The van der Waals surface area contributed by atoms with Crippen molar-refractivity contribution in [1.29, 1.82) is 0 Å². The van der Waals surface area contributed by atoms with Gasteiger partial charge >= 0.3 is 0 Å². The van der Waals surface area contributed by atoms with Crippen LogP contribution in [0.5, 0.6) is 0 Å². The second kappa shape index (κ2) is 7.47. The summed E-state index contributed by atoms with van der Waals surface area (Å²) in [5, 5.41) is 0. The van der Waals surface area contributed by atoms with Crippen LogP contribution in [0.25, 0.3) is 0 Å². The molecule has 0 radical (unpaired) electrons. The smallest absolute Gasteiger partial charge is 0.255 e. The molecule has 1 aromatic heterocycles. The summed E-state index contributed by atoms with van der Waals surface area (Å²) in [6, 6.07) is 5.82. The molecule has 0 saturated carbocycles. The standard InChI is InChI=1S/C21H25FN4O2/c1-13(2)25-10-8-17-16(12-25)20(27)24-19(23-17)18-7-4-9-26(18)21(28)14-5-3-6-15(22)11-14/h3,5-6,11,13,18H,4,7-10,12H2,1-2H3,(H,23,24,27)/t18-/m1/s1. The number of hydrogen-bond acceptors (Lipinski definition) is 4. The Morgan fingerprint density at radius 1 is 1.32 bits per heavy atom. The van der Waals surface area contributed by atoms with Crippen LogP contribution in [0.4, 0.5) is 4.39 Å². The molecule has 4 rings (SSSR count). The largest absolute Gasteiger partial charge is 0.328 e. The van der Waals surface area contributed by atoms with E-state index in [2.05, 4.69) is 23.7 Å². The maximum atomic E-state index is 13.5. The molecule has 1 saturated heterocycles. The van der Waals surface area contributed by atoms with Crippen LogP contribution in [0, 0.1) is 5.82 Å². The topological polar surface area (TPSA) is 69.3 Å². The van der Waals surface area contributed by atoms with Gasteiger partial charge in [-0.25, -0.2) is 9.37 Å². The zero-order valence-electron chi connectivity index (χ0n) is 16.2. The van der Waals surface area contributed by atoms with Crippen molar-refractivity contribution in [1.82, 2.24) is 19.8 Å². The molecule has 3 heterocycles. The van der Waals surface area contributed by atoms with Gasteiger partial charge in [-0.2, -0.15) is 0 Å². The molecule has 1 amide bonds. The van der Waals surface area contributed by atoms with Crippen LogP contribution in [-0.4, -0.2) is 44.8 Å². The van der Waals surface area contributed by atoms with Crippen molar-refractivity contribution in [2.24, 2.45) is 0 Å². The number of carbonyl (C=O) groups excluding carboxylic acids is 1. The summed E-state index contributed by atoms with van der Waals surface area (Å²) in [4.78, 5) is 37.3. The fraction of sp³-hybridized carbons (Fsp3) is 0.476. The van der Waals surface area contributed by atoms with Gasteiger partial charge in [-0.1, -0.05) is 6.07 Å². The highest BCUT2D eigenvalue weighted by Gasteiger charge is 2.33. The zero-order valence-corrected chi connectivity index (χ0v) is 16.2. The molecule has 1 atom stereocenters. The van der Waals surface area contributed by atoms with Gasteiger partial charge in [-0.3, -0.25) is 14.5 Å². The van der Waals surface area contributed by atoms with Crippen LogP contribution in [-0.2, 0) is 13.0 Å². The first-order valence-electron chi connectivity index (χ1n) is 9.86. The van der Waals surface area contributed by atoms with E-state index >= 15 is 0 Å². The molecule has 2 aromatic rings. The Morgan fingerprint density at radius 2 is 2.14 bits per heavy atom. The number of H-pyrrole nitrogens is 1. The van der Waals surface area contributed by atoms with Crippen LogP contribution in [0.1, 0.15) is 60.2 Å². The third-order valence-electron chi connectivity index (χ3n) is 5.75. The number of halogens is 1. The van der Waals surface area contributed by atoms with E-state index in [0.717, 1.165) is 37.1 Å². The number of fused-ring (bicyclic) bond motifs is 1. The second-order valence-corrected chi connectivity index (χ2v) is 7.86. The van der Waals surface area contributed by atoms with Crippen molar-refractivity contribution in [3.05, 3.63) is 63.1 Å². The van der Waals surface area contributed by atoms with Crippen LogP contribution >= 0.6 is 0 Å². The molecule has 0 spiro atoms. The van der Waals surface area contributed by atoms with Crippen molar-refractivity contribution in [2.45, 2.75) is 51.7 Å². The molecular formula is C21H25FN4O2. The number of nitrogens with one attached hydrogen (secondary N) is 1. The maximum Gasteiger partial charge on any atom is 0.255 e. The van der Waals surface area contributed by atoms with Gasteiger partial charge in [0, 0.05) is 37.7 Å². The minimum Gasteiger partial charge on any atom is -0.328 e. The second-order valence-electron chi connectivity index (χ2n) is 7.86. The van der Waals surface area contributed by atoms with Crippen molar-refractivity contribution in [2.75, 3.05) is 13.1 Å². The minimum absolute atomic E-state index is 0.115. The third kappa shape index (κ3) is 3.46. The molecular weight excluding hydrogens is 359 g/mol. The number of likely N-dealkylation sites (tertiary alicyclic amines) is 1. The Hall–Kier alpha value is -2.54. The van der Waals surface area contributed by atoms with Crippen LogP contribution in [0.3, 0.4) is 0 Å². The molecule has 28 heavy (non-hydrogen) atoms. The number of carbonyl (C=O) groups is 1. The predicted molar refractivity (Wildman–Crippen MR) is 104 cm³/mol. The van der Waals surface area contributed by atoms with E-state index in [1.54, 1.807) is 11.0 Å². The van der Waals surface area contributed by atoms with E-state index in [9.17, 15) is 14.0 Å². The highest BCUT2D eigenvalue weighted by atomic mass is 19.1. The van der Waals surface area contributed by atoms with E-state index in [-0.39, 0.29) is 17.5 Å². The van der Waals surface area contributed by atoms with Gasteiger partial charge in [0.25, 0.3) is 11.5 Å². The van der Waals surface area contributed by atoms with Crippen LogP contribution in [0.2, 0.25) is 0 Å². The van der Waals surface area contributed by atoms with Gasteiger partial charge in [0.1, 0.15) is 11.6 Å².